The summed E-state index contributed by atoms with van der Waals surface area (Å²) in [5.41, 5.74) is 2.72. The molecule has 0 aliphatic carbocycles. The fourth-order valence-corrected chi connectivity index (χ4v) is 2.73. The highest BCUT2D eigenvalue weighted by Gasteiger charge is 2.06. The van der Waals surface area contributed by atoms with Crippen LogP contribution in [0.2, 0.25) is 0 Å². The van der Waals surface area contributed by atoms with E-state index in [0.717, 1.165) is 24.4 Å². The maximum Gasteiger partial charge on any atom is 0.232 e. The van der Waals surface area contributed by atoms with Crippen LogP contribution in [0.15, 0.2) is 48.5 Å². The van der Waals surface area contributed by atoms with Gasteiger partial charge in [0.2, 0.25) is 10.0 Å². The molecule has 0 heterocycles. The van der Waals surface area contributed by atoms with Gasteiger partial charge in [0.05, 0.1) is 12.9 Å². The summed E-state index contributed by atoms with van der Waals surface area (Å²) in [6, 6.07) is 15.2. The van der Waals surface area contributed by atoms with Crippen LogP contribution in [0.4, 0.5) is 11.4 Å². The quantitative estimate of drug-likeness (QED) is 0.778. The Hall–Kier alpha value is -2.21. The van der Waals surface area contributed by atoms with Gasteiger partial charge in [-0.05, 0) is 55.3 Å². The third kappa shape index (κ3) is 5.49. The van der Waals surface area contributed by atoms with E-state index in [1.807, 2.05) is 30.3 Å². The molecule has 0 bridgehead atoms. The number of methoxy groups -OCH3 is 1. The van der Waals surface area contributed by atoms with Crippen LogP contribution in [0.5, 0.6) is 5.75 Å². The zero-order valence-corrected chi connectivity index (χ0v) is 14.2. The van der Waals surface area contributed by atoms with E-state index in [2.05, 4.69) is 16.1 Å². The Balaban J connectivity index is 1.86. The van der Waals surface area contributed by atoms with Gasteiger partial charge in [0.1, 0.15) is 5.75 Å². The topological polar surface area (TPSA) is 67.4 Å². The third-order valence-electron chi connectivity index (χ3n) is 3.42. The fourth-order valence-electron chi connectivity index (χ4n) is 2.09. The van der Waals surface area contributed by atoms with E-state index in [-0.39, 0.29) is 5.75 Å². The molecule has 0 spiro atoms. The molecule has 0 fully saturated rings. The number of sulfonamides is 1. The molecule has 2 aromatic carbocycles. The minimum absolute atomic E-state index is 0.0630. The van der Waals surface area contributed by atoms with Gasteiger partial charge in [-0.3, -0.25) is 4.72 Å². The number of nitrogens with one attached hydrogen (secondary N) is 2. The Morgan fingerprint density at radius 1 is 1.04 bits per heavy atom. The van der Waals surface area contributed by atoms with E-state index in [9.17, 15) is 8.42 Å². The molecule has 0 aliphatic rings. The van der Waals surface area contributed by atoms with Crippen LogP contribution >= 0.6 is 0 Å². The number of anilines is 2. The predicted octanol–water partition coefficient (Wildman–Crippen LogP) is 3.11. The highest BCUT2D eigenvalue weighted by Crippen LogP contribution is 2.16. The van der Waals surface area contributed by atoms with Crippen LogP contribution in [0, 0.1) is 0 Å². The first-order valence-corrected chi connectivity index (χ1v) is 9.15. The van der Waals surface area contributed by atoms with Gasteiger partial charge >= 0.3 is 0 Å². The molecule has 23 heavy (non-hydrogen) atoms. The van der Waals surface area contributed by atoms with Crippen LogP contribution < -0.4 is 14.8 Å². The maximum absolute atomic E-state index is 11.5. The van der Waals surface area contributed by atoms with E-state index < -0.39 is 10.0 Å². The second-order valence-corrected chi connectivity index (χ2v) is 7.12. The van der Waals surface area contributed by atoms with E-state index in [1.54, 1.807) is 26.2 Å². The summed E-state index contributed by atoms with van der Waals surface area (Å²) >= 11 is 0. The molecule has 0 unspecified atom stereocenters. The van der Waals surface area contributed by atoms with Crippen LogP contribution in [-0.2, 0) is 16.4 Å². The lowest BCUT2D eigenvalue weighted by Gasteiger charge is -2.09. The standard InChI is InChI=1S/C17H22N2O3S/c1-3-23(20,21)19-16-9-7-15(8-10-16)18-12-11-14-5-4-6-17(13-14)22-2/h4-10,13,18-19H,3,11-12H2,1-2H3. The van der Waals surface area contributed by atoms with Crippen molar-refractivity contribution in [1.82, 2.24) is 0 Å². The molecular formula is C17H22N2O3S. The smallest absolute Gasteiger partial charge is 0.232 e. The van der Waals surface area contributed by atoms with Crippen molar-refractivity contribution < 1.29 is 13.2 Å². The van der Waals surface area contributed by atoms with Gasteiger partial charge in [-0.2, -0.15) is 0 Å². The number of hydrogen-bond donors (Lipinski definition) is 2. The van der Waals surface area contributed by atoms with Gasteiger partial charge in [-0.1, -0.05) is 12.1 Å². The third-order valence-corrected chi connectivity index (χ3v) is 4.72. The summed E-state index contributed by atoms with van der Waals surface area (Å²) in [4.78, 5) is 0. The van der Waals surface area contributed by atoms with Crippen molar-refractivity contribution in [3.63, 3.8) is 0 Å². The Kier molecular flexibility index (Phi) is 5.87. The van der Waals surface area contributed by atoms with Gasteiger partial charge in [0.25, 0.3) is 0 Å². The summed E-state index contributed by atoms with van der Waals surface area (Å²) in [6.45, 7) is 2.39. The Bertz CT molecular complexity index is 728. The molecule has 2 rings (SSSR count). The van der Waals surface area contributed by atoms with Crippen molar-refractivity contribution >= 4 is 21.4 Å². The minimum atomic E-state index is -3.23. The molecule has 2 N–H and O–H groups in total. The fraction of sp³-hybridized carbons (Fsp3) is 0.294. The van der Waals surface area contributed by atoms with Crippen LogP contribution in [0.25, 0.3) is 0 Å². The second kappa shape index (κ2) is 7.87. The lowest BCUT2D eigenvalue weighted by Crippen LogP contribution is -2.14. The average molecular weight is 334 g/mol. The largest absolute Gasteiger partial charge is 0.497 e. The number of benzene rings is 2. The molecule has 0 amide bonds. The normalized spacial score (nSPS) is 11.0. The lowest BCUT2D eigenvalue weighted by atomic mass is 10.1. The van der Waals surface area contributed by atoms with Crippen LogP contribution in [0.3, 0.4) is 0 Å². The molecule has 5 nitrogen and oxygen atoms in total. The maximum atomic E-state index is 11.5. The van der Waals surface area contributed by atoms with Crippen molar-refractivity contribution in [2.75, 3.05) is 29.4 Å². The van der Waals surface area contributed by atoms with Crippen LogP contribution in [-0.4, -0.2) is 27.8 Å². The van der Waals surface area contributed by atoms with Gasteiger partial charge in [0.15, 0.2) is 0 Å². The Labute approximate surface area is 137 Å². The summed E-state index contributed by atoms with van der Waals surface area (Å²) in [6.07, 6.45) is 0.876. The first kappa shape index (κ1) is 17.1. The lowest BCUT2D eigenvalue weighted by molar-refractivity contribution is 0.414. The summed E-state index contributed by atoms with van der Waals surface area (Å²) in [5, 5.41) is 3.32. The SMILES string of the molecule is CCS(=O)(=O)Nc1ccc(NCCc2cccc(OC)c2)cc1. The first-order valence-electron chi connectivity index (χ1n) is 7.50. The molecule has 0 radical (unpaired) electrons. The number of hydrogen-bond acceptors (Lipinski definition) is 4. The predicted molar refractivity (Wildman–Crippen MR) is 94.7 cm³/mol. The molecule has 0 atom stereocenters. The minimum Gasteiger partial charge on any atom is -0.497 e. The molecule has 0 saturated carbocycles. The zero-order valence-electron chi connectivity index (χ0n) is 13.4. The Morgan fingerprint density at radius 2 is 1.74 bits per heavy atom. The monoisotopic (exact) mass is 334 g/mol. The number of ether oxygens (including phenoxy) is 1. The summed E-state index contributed by atoms with van der Waals surface area (Å²) in [7, 11) is -1.57. The van der Waals surface area contributed by atoms with Gasteiger partial charge in [-0.15, -0.1) is 0 Å². The summed E-state index contributed by atoms with van der Waals surface area (Å²) in [5.74, 6) is 0.920. The van der Waals surface area contributed by atoms with Gasteiger partial charge in [-0.25, -0.2) is 8.42 Å². The number of rotatable bonds is 8. The van der Waals surface area contributed by atoms with Crippen molar-refractivity contribution in [3.05, 3.63) is 54.1 Å². The molecule has 0 saturated heterocycles. The van der Waals surface area contributed by atoms with Gasteiger partial charge < -0.3 is 10.1 Å². The Morgan fingerprint density at radius 3 is 2.39 bits per heavy atom. The van der Waals surface area contributed by atoms with E-state index in [4.69, 9.17) is 4.74 Å². The average Bonchev–Trinajstić information content (AvgIpc) is 2.56. The first-order chi connectivity index (χ1) is 11.0. The van der Waals surface area contributed by atoms with Crippen molar-refractivity contribution in [2.45, 2.75) is 13.3 Å². The van der Waals surface area contributed by atoms with E-state index in [0.29, 0.717) is 5.69 Å². The van der Waals surface area contributed by atoms with Gasteiger partial charge in [0, 0.05) is 17.9 Å². The highest BCUT2D eigenvalue weighted by atomic mass is 32.2. The van der Waals surface area contributed by atoms with E-state index >= 15 is 0 Å². The second-order valence-electron chi connectivity index (χ2n) is 5.11. The molecular weight excluding hydrogens is 312 g/mol. The van der Waals surface area contributed by atoms with Crippen molar-refractivity contribution in [1.29, 1.82) is 0 Å². The molecule has 6 heteroatoms. The molecule has 124 valence electrons. The zero-order chi connectivity index (χ0) is 16.7. The molecule has 2 aromatic rings. The van der Waals surface area contributed by atoms with Crippen LogP contribution in [0.1, 0.15) is 12.5 Å². The highest BCUT2D eigenvalue weighted by molar-refractivity contribution is 7.92. The van der Waals surface area contributed by atoms with E-state index in [1.165, 1.54) is 5.56 Å². The molecule has 0 aliphatic heterocycles. The molecule has 0 aromatic heterocycles. The summed E-state index contributed by atoms with van der Waals surface area (Å²) < 4.78 is 30.7. The van der Waals surface area contributed by atoms with Crippen molar-refractivity contribution in [3.8, 4) is 5.75 Å². The van der Waals surface area contributed by atoms with Crippen molar-refractivity contribution in [2.24, 2.45) is 0 Å².